The molecule has 1 heterocycles. The predicted octanol–water partition coefficient (Wildman–Crippen LogP) is 3.43. The summed E-state index contributed by atoms with van der Waals surface area (Å²) in [7, 11) is 0. The van der Waals surface area contributed by atoms with E-state index in [4.69, 9.17) is 0 Å². The molecule has 3 rings (SSSR count). The summed E-state index contributed by atoms with van der Waals surface area (Å²) in [5.41, 5.74) is 3.52. The first-order chi connectivity index (χ1) is 12.5. The lowest BCUT2D eigenvalue weighted by atomic mass is 10.1. The second kappa shape index (κ2) is 8.14. The molecule has 0 atom stereocenters. The third-order valence-corrected chi connectivity index (χ3v) is 4.88. The van der Waals surface area contributed by atoms with E-state index < -0.39 is 0 Å². The van der Waals surface area contributed by atoms with Crippen LogP contribution < -0.4 is 5.32 Å². The Morgan fingerprint density at radius 3 is 2.77 bits per heavy atom. The zero-order valence-electron chi connectivity index (χ0n) is 14.6. The standard InChI is InChI=1S/C19H19FN4OS/c1-13-5-3-4-6-17(13)24-12-22-23-19(24)26-11-18(25)21-10-15-7-8-16(20)14(2)9-15/h3-9,12H,10-11H2,1-2H3,(H,21,25). The third kappa shape index (κ3) is 4.29. The van der Waals surface area contributed by atoms with Crippen molar-refractivity contribution >= 4 is 17.7 Å². The molecule has 1 N–H and O–H groups in total. The Kier molecular flexibility index (Phi) is 5.68. The summed E-state index contributed by atoms with van der Waals surface area (Å²) < 4.78 is 15.1. The lowest BCUT2D eigenvalue weighted by Gasteiger charge is -2.09. The molecule has 1 aromatic heterocycles. The fourth-order valence-corrected chi connectivity index (χ4v) is 3.27. The van der Waals surface area contributed by atoms with E-state index >= 15 is 0 Å². The van der Waals surface area contributed by atoms with Gasteiger partial charge in [-0.05, 0) is 42.7 Å². The van der Waals surface area contributed by atoms with Crippen LogP contribution in [-0.4, -0.2) is 26.4 Å². The molecule has 2 aromatic carbocycles. The molecular formula is C19H19FN4OS. The van der Waals surface area contributed by atoms with E-state index in [1.807, 2.05) is 35.8 Å². The summed E-state index contributed by atoms with van der Waals surface area (Å²) in [6.07, 6.45) is 1.64. The van der Waals surface area contributed by atoms with Crippen LogP contribution in [0, 0.1) is 19.7 Å². The Morgan fingerprint density at radius 1 is 1.19 bits per heavy atom. The summed E-state index contributed by atoms with van der Waals surface area (Å²) in [6, 6.07) is 12.7. The van der Waals surface area contributed by atoms with E-state index in [0.717, 1.165) is 16.8 Å². The summed E-state index contributed by atoms with van der Waals surface area (Å²) in [5, 5.41) is 11.6. The monoisotopic (exact) mass is 370 g/mol. The molecule has 134 valence electrons. The van der Waals surface area contributed by atoms with Gasteiger partial charge in [0.05, 0.1) is 11.4 Å². The third-order valence-electron chi connectivity index (χ3n) is 3.94. The van der Waals surface area contributed by atoms with Crippen LogP contribution in [0.4, 0.5) is 4.39 Å². The molecule has 0 unspecified atom stereocenters. The molecule has 1 amide bonds. The van der Waals surface area contributed by atoms with Crippen LogP contribution in [0.2, 0.25) is 0 Å². The SMILES string of the molecule is Cc1cc(CNC(=O)CSc2nncn2-c2ccccc2C)ccc1F. The van der Waals surface area contributed by atoms with Crippen molar-refractivity contribution < 1.29 is 9.18 Å². The molecular weight excluding hydrogens is 351 g/mol. The Morgan fingerprint density at radius 2 is 2.00 bits per heavy atom. The van der Waals surface area contributed by atoms with Crippen molar-refractivity contribution in [1.29, 1.82) is 0 Å². The van der Waals surface area contributed by atoms with E-state index in [1.54, 1.807) is 25.4 Å². The van der Waals surface area contributed by atoms with Crippen LogP contribution in [0.5, 0.6) is 0 Å². The number of nitrogens with zero attached hydrogens (tertiary/aromatic N) is 3. The zero-order chi connectivity index (χ0) is 18.5. The molecule has 0 radical (unpaired) electrons. The van der Waals surface area contributed by atoms with Crippen LogP contribution in [0.25, 0.3) is 5.69 Å². The number of rotatable bonds is 6. The first-order valence-corrected chi connectivity index (χ1v) is 9.13. The number of hydrogen-bond acceptors (Lipinski definition) is 4. The largest absolute Gasteiger partial charge is 0.351 e. The Hall–Kier alpha value is -2.67. The fraction of sp³-hybridized carbons (Fsp3) is 0.211. The number of thioether (sulfide) groups is 1. The van der Waals surface area contributed by atoms with Gasteiger partial charge in [0.2, 0.25) is 5.91 Å². The molecule has 0 spiro atoms. The van der Waals surface area contributed by atoms with Crippen LogP contribution >= 0.6 is 11.8 Å². The molecule has 0 fully saturated rings. The topological polar surface area (TPSA) is 59.8 Å². The average molecular weight is 370 g/mol. The molecule has 0 aliphatic heterocycles. The maximum absolute atomic E-state index is 13.3. The summed E-state index contributed by atoms with van der Waals surface area (Å²) in [6.45, 7) is 4.08. The number of aryl methyl sites for hydroxylation is 2. The maximum Gasteiger partial charge on any atom is 0.230 e. The Bertz CT molecular complexity index is 925. The molecule has 0 saturated carbocycles. The van der Waals surface area contributed by atoms with Gasteiger partial charge in [-0.25, -0.2) is 4.39 Å². The highest BCUT2D eigenvalue weighted by molar-refractivity contribution is 7.99. The minimum Gasteiger partial charge on any atom is -0.351 e. The van der Waals surface area contributed by atoms with Crippen molar-refractivity contribution in [3.05, 3.63) is 71.3 Å². The van der Waals surface area contributed by atoms with Crippen molar-refractivity contribution in [2.75, 3.05) is 5.75 Å². The average Bonchev–Trinajstić information content (AvgIpc) is 3.09. The van der Waals surface area contributed by atoms with Crippen molar-refractivity contribution in [1.82, 2.24) is 20.1 Å². The number of para-hydroxylation sites is 1. The number of nitrogens with one attached hydrogen (secondary N) is 1. The molecule has 26 heavy (non-hydrogen) atoms. The van der Waals surface area contributed by atoms with Gasteiger partial charge in [-0.15, -0.1) is 10.2 Å². The van der Waals surface area contributed by atoms with Crippen LogP contribution in [0.3, 0.4) is 0 Å². The number of halogens is 1. The number of carbonyl (C=O) groups excluding carboxylic acids is 1. The minimum atomic E-state index is -0.244. The molecule has 7 heteroatoms. The van der Waals surface area contributed by atoms with E-state index in [1.165, 1.54) is 17.8 Å². The number of carbonyl (C=O) groups is 1. The van der Waals surface area contributed by atoms with Gasteiger partial charge >= 0.3 is 0 Å². The Labute approximate surface area is 155 Å². The molecule has 0 saturated heterocycles. The minimum absolute atomic E-state index is 0.115. The number of aromatic nitrogens is 3. The molecule has 0 aliphatic carbocycles. The highest BCUT2D eigenvalue weighted by Gasteiger charge is 2.11. The fourth-order valence-electron chi connectivity index (χ4n) is 2.52. The summed E-state index contributed by atoms with van der Waals surface area (Å²) in [5.74, 6) is -0.132. The predicted molar refractivity (Wildman–Crippen MR) is 99.8 cm³/mol. The lowest BCUT2D eigenvalue weighted by molar-refractivity contribution is -0.118. The zero-order valence-corrected chi connectivity index (χ0v) is 15.4. The van der Waals surface area contributed by atoms with E-state index in [-0.39, 0.29) is 17.5 Å². The molecule has 0 aliphatic rings. The van der Waals surface area contributed by atoms with Gasteiger partial charge in [0.15, 0.2) is 5.16 Å². The van der Waals surface area contributed by atoms with Gasteiger partial charge in [0.1, 0.15) is 12.1 Å². The first kappa shape index (κ1) is 18.1. The summed E-state index contributed by atoms with van der Waals surface area (Å²) in [4.78, 5) is 12.1. The highest BCUT2D eigenvalue weighted by Crippen LogP contribution is 2.21. The highest BCUT2D eigenvalue weighted by atomic mass is 32.2. The van der Waals surface area contributed by atoms with Crippen molar-refractivity contribution in [3.63, 3.8) is 0 Å². The molecule has 5 nitrogen and oxygen atoms in total. The number of hydrogen-bond donors (Lipinski definition) is 1. The van der Waals surface area contributed by atoms with Gasteiger partial charge in [0, 0.05) is 6.54 Å². The van der Waals surface area contributed by atoms with E-state index in [0.29, 0.717) is 17.3 Å². The van der Waals surface area contributed by atoms with Crippen molar-refractivity contribution in [2.45, 2.75) is 25.5 Å². The van der Waals surface area contributed by atoms with Crippen molar-refractivity contribution in [2.24, 2.45) is 0 Å². The maximum atomic E-state index is 13.3. The molecule has 0 bridgehead atoms. The van der Waals surface area contributed by atoms with Crippen LogP contribution in [0.1, 0.15) is 16.7 Å². The quantitative estimate of drug-likeness (QED) is 0.676. The second-order valence-corrected chi connectivity index (χ2v) is 6.86. The Balaban J connectivity index is 1.58. The van der Waals surface area contributed by atoms with Gasteiger partial charge in [-0.1, -0.05) is 42.1 Å². The van der Waals surface area contributed by atoms with Crippen molar-refractivity contribution in [3.8, 4) is 5.69 Å². The van der Waals surface area contributed by atoms with Gasteiger partial charge < -0.3 is 5.32 Å². The second-order valence-electron chi connectivity index (χ2n) is 5.92. The summed E-state index contributed by atoms with van der Waals surface area (Å²) >= 11 is 1.32. The smallest absolute Gasteiger partial charge is 0.230 e. The number of amides is 1. The van der Waals surface area contributed by atoms with Gasteiger partial charge in [0.25, 0.3) is 0 Å². The van der Waals surface area contributed by atoms with Gasteiger partial charge in [-0.3, -0.25) is 9.36 Å². The van der Waals surface area contributed by atoms with Gasteiger partial charge in [-0.2, -0.15) is 0 Å². The normalized spacial score (nSPS) is 10.7. The van der Waals surface area contributed by atoms with E-state index in [2.05, 4.69) is 15.5 Å². The molecule has 3 aromatic rings. The van der Waals surface area contributed by atoms with Crippen LogP contribution in [0.15, 0.2) is 53.9 Å². The lowest BCUT2D eigenvalue weighted by Crippen LogP contribution is -2.24. The first-order valence-electron chi connectivity index (χ1n) is 8.15. The van der Waals surface area contributed by atoms with Crippen LogP contribution in [-0.2, 0) is 11.3 Å². The number of benzene rings is 2. The van der Waals surface area contributed by atoms with E-state index in [9.17, 15) is 9.18 Å².